The summed E-state index contributed by atoms with van der Waals surface area (Å²) < 4.78 is 37.8. The number of likely N-dealkylation sites (tertiary alicyclic amines) is 1. The normalized spacial score (nSPS) is 24.2. The van der Waals surface area contributed by atoms with E-state index in [0.29, 0.717) is 6.54 Å². The van der Waals surface area contributed by atoms with E-state index in [1.165, 1.54) is 12.1 Å². The van der Waals surface area contributed by atoms with Crippen molar-refractivity contribution >= 4 is 5.91 Å². The SMILES string of the molecule is CC(N)C(=O)N1CCC(C)C1c1ccc(C(F)(F)F)cc1. The number of nitrogens with zero attached hydrogens (tertiary/aromatic N) is 1. The van der Waals surface area contributed by atoms with Crippen molar-refractivity contribution in [2.24, 2.45) is 11.7 Å². The van der Waals surface area contributed by atoms with Crippen LogP contribution < -0.4 is 5.73 Å². The second-order valence-electron chi connectivity index (χ2n) is 5.65. The van der Waals surface area contributed by atoms with Crippen molar-refractivity contribution < 1.29 is 18.0 Å². The second kappa shape index (κ2) is 5.67. The summed E-state index contributed by atoms with van der Waals surface area (Å²) in [4.78, 5) is 13.8. The molecule has 0 radical (unpaired) electrons. The maximum Gasteiger partial charge on any atom is 0.416 e. The molecule has 1 amide bonds. The highest BCUT2D eigenvalue weighted by Gasteiger charge is 2.37. The Labute approximate surface area is 121 Å². The Morgan fingerprint density at radius 2 is 1.90 bits per heavy atom. The lowest BCUT2D eigenvalue weighted by atomic mass is 9.94. The summed E-state index contributed by atoms with van der Waals surface area (Å²) >= 11 is 0. The van der Waals surface area contributed by atoms with E-state index in [1.54, 1.807) is 11.8 Å². The first-order valence-electron chi connectivity index (χ1n) is 6.95. The summed E-state index contributed by atoms with van der Waals surface area (Å²) in [6, 6.07) is 4.23. The van der Waals surface area contributed by atoms with Crippen molar-refractivity contribution in [3.8, 4) is 0 Å². The molecular formula is C15H19F3N2O. The molecule has 0 aliphatic carbocycles. The van der Waals surface area contributed by atoms with E-state index in [1.807, 2.05) is 6.92 Å². The molecule has 1 heterocycles. The minimum Gasteiger partial charge on any atom is -0.334 e. The molecule has 3 atom stereocenters. The topological polar surface area (TPSA) is 46.3 Å². The lowest BCUT2D eigenvalue weighted by Gasteiger charge is -2.29. The van der Waals surface area contributed by atoms with Crippen molar-refractivity contribution in [1.29, 1.82) is 0 Å². The Kier molecular flexibility index (Phi) is 4.27. The Morgan fingerprint density at radius 1 is 1.33 bits per heavy atom. The number of benzene rings is 1. The van der Waals surface area contributed by atoms with Crippen LogP contribution in [0.5, 0.6) is 0 Å². The van der Waals surface area contributed by atoms with Crippen LogP contribution in [0.15, 0.2) is 24.3 Å². The Hall–Kier alpha value is -1.56. The Morgan fingerprint density at radius 3 is 2.38 bits per heavy atom. The summed E-state index contributed by atoms with van der Waals surface area (Å²) in [5.74, 6) is 0.0358. The molecule has 1 aromatic carbocycles. The third kappa shape index (κ3) is 3.20. The van der Waals surface area contributed by atoms with Crippen molar-refractivity contribution in [3.05, 3.63) is 35.4 Å². The van der Waals surface area contributed by atoms with Crippen LogP contribution in [0.2, 0.25) is 0 Å². The van der Waals surface area contributed by atoms with Gasteiger partial charge in [-0.25, -0.2) is 0 Å². The molecule has 116 valence electrons. The molecule has 1 aliphatic heterocycles. The minimum atomic E-state index is -4.35. The summed E-state index contributed by atoms with van der Waals surface area (Å²) in [5.41, 5.74) is 5.69. The van der Waals surface area contributed by atoms with Gasteiger partial charge in [0.1, 0.15) is 0 Å². The molecule has 21 heavy (non-hydrogen) atoms. The average Bonchev–Trinajstić information content (AvgIpc) is 2.78. The first kappa shape index (κ1) is 15.8. The molecule has 1 aromatic rings. The molecule has 3 nitrogen and oxygen atoms in total. The number of rotatable bonds is 2. The zero-order valence-corrected chi connectivity index (χ0v) is 12.0. The smallest absolute Gasteiger partial charge is 0.334 e. The predicted octanol–water partition coefficient (Wildman–Crippen LogP) is 2.96. The molecule has 0 spiro atoms. The van der Waals surface area contributed by atoms with E-state index >= 15 is 0 Å². The number of hydrogen-bond donors (Lipinski definition) is 1. The van der Waals surface area contributed by atoms with E-state index < -0.39 is 17.8 Å². The van der Waals surface area contributed by atoms with Gasteiger partial charge < -0.3 is 10.6 Å². The molecule has 0 saturated carbocycles. The first-order chi connectivity index (χ1) is 9.71. The standard InChI is InChI=1S/C15H19F3N2O/c1-9-7-8-20(14(21)10(2)19)13(9)11-3-5-12(6-4-11)15(16,17)18/h3-6,9-10,13H,7-8,19H2,1-2H3. The molecule has 6 heteroatoms. The van der Waals surface area contributed by atoms with Gasteiger partial charge in [-0.15, -0.1) is 0 Å². The highest BCUT2D eigenvalue weighted by Crippen LogP contribution is 2.38. The first-order valence-corrected chi connectivity index (χ1v) is 6.95. The quantitative estimate of drug-likeness (QED) is 0.912. The van der Waals surface area contributed by atoms with Gasteiger partial charge in [0.05, 0.1) is 17.6 Å². The Bertz CT molecular complexity index is 511. The molecule has 2 rings (SSSR count). The number of nitrogens with two attached hydrogens (primary N) is 1. The lowest BCUT2D eigenvalue weighted by molar-refractivity contribution is -0.137. The number of carbonyl (C=O) groups is 1. The summed E-state index contributed by atoms with van der Waals surface area (Å²) in [5, 5.41) is 0. The molecule has 0 bridgehead atoms. The zero-order chi connectivity index (χ0) is 15.8. The number of halogens is 3. The van der Waals surface area contributed by atoms with Crippen LogP contribution in [0.1, 0.15) is 37.4 Å². The molecule has 3 unspecified atom stereocenters. The van der Waals surface area contributed by atoms with Crippen molar-refractivity contribution in [1.82, 2.24) is 4.90 Å². The fraction of sp³-hybridized carbons (Fsp3) is 0.533. The van der Waals surface area contributed by atoms with Crippen LogP contribution in [-0.4, -0.2) is 23.4 Å². The van der Waals surface area contributed by atoms with Gasteiger partial charge in [-0.2, -0.15) is 13.2 Å². The molecule has 2 N–H and O–H groups in total. The fourth-order valence-corrected chi connectivity index (χ4v) is 2.83. The molecule has 0 aromatic heterocycles. The molecule has 1 saturated heterocycles. The van der Waals surface area contributed by atoms with Crippen LogP contribution in [0, 0.1) is 5.92 Å². The summed E-state index contributed by atoms with van der Waals surface area (Å²) in [7, 11) is 0. The van der Waals surface area contributed by atoms with E-state index in [2.05, 4.69) is 0 Å². The predicted molar refractivity (Wildman–Crippen MR) is 73.3 cm³/mol. The minimum absolute atomic E-state index is 0.163. The van der Waals surface area contributed by atoms with Crippen LogP contribution in [-0.2, 0) is 11.0 Å². The van der Waals surface area contributed by atoms with Gasteiger partial charge in [-0.3, -0.25) is 4.79 Å². The van der Waals surface area contributed by atoms with Gasteiger partial charge >= 0.3 is 6.18 Å². The number of carbonyl (C=O) groups excluding carboxylic acids is 1. The molecular weight excluding hydrogens is 281 g/mol. The van der Waals surface area contributed by atoms with E-state index in [9.17, 15) is 18.0 Å². The average molecular weight is 300 g/mol. The zero-order valence-electron chi connectivity index (χ0n) is 12.0. The van der Waals surface area contributed by atoms with Crippen LogP contribution in [0.25, 0.3) is 0 Å². The lowest BCUT2D eigenvalue weighted by Crippen LogP contribution is -2.42. The largest absolute Gasteiger partial charge is 0.416 e. The number of alkyl halides is 3. The molecule has 1 aliphatic rings. The summed E-state index contributed by atoms with van der Waals surface area (Å²) in [6.07, 6.45) is -3.52. The highest BCUT2D eigenvalue weighted by atomic mass is 19.4. The van der Waals surface area contributed by atoms with Crippen molar-refractivity contribution in [2.75, 3.05) is 6.54 Å². The van der Waals surface area contributed by atoms with Crippen molar-refractivity contribution in [2.45, 2.75) is 38.5 Å². The van der Waals surface area contributed by atoms with E-state index in [4.69, 9.17) is 5.73 Å². The molecule has 1 fully saturated rings. The maximum absolute atomic E-state index is 12.6. The highest BCUT2D eigenvalue weighted by molar-refractivity contribution is 5.82. The summed E-state index contributed by atoms with van der Waals surface area (Å²) in [6.45, 7) is 4.21. The van der Waals surface area contributed by atoms with Gasteiger partial charge in [0, 0.05) is 6.54 Å². The fourth-order valence-electron chi connectivity index (χ4n) is 2.83. The maximum atomic E-state index is 12.6. The third-order valence-electron chi connectivity index (χ3n) is 3.95. The van der Waals surface area contributed by atoms with Crippen molar-refractivity contribution in [3.63, 3.8) is 0 Å². The van der Waals surface area contributed by atoms with Crippen LogP contribution in [0.3, 0.4) is 0 Å². The monoisotopic (exact) mass is 300 g/mol. The number of hydrogen-bond acceptors (Lipinski definition) is 2. The van der Waals surface area contributed by atoms with Gasteiger partial charge in [0.25, 0.3) is 0 Å². The Balaban J connectivity index is 2.28. The van der Waals surface area contributed by atoms with Crippen LogP contribution >= 0.6 is 0 Å². The third-order valence-corrected chi connectivity index (χ3v) is 3.95. The number of amides is 1. The second-order valence-corrected chi connectivity index (χ2v) is 5.65. The van der Waals surface area contributed by atoms with Crippen LogP contribution in [0.4, 0.5) is 13.2 Å². The van der Waals surface area contributed by atoms with E-state index in [0.717, 1.165) is 24.1 Å². The van der Waals surface area contributed by atoms with E-state index in [-0.39, 0.29) is 17.9 Å². The van der Waals surface area contributed by atoms with Gasteiger partial charge in [0.15, 0.2) is 0 Å². The van der Waals surface area contributed by atoms with Gasteiger partial charge in [0.2, 0.25) is 5.91 Å². The van der Waals surface area contributed by atoms with Gasteiger partial charge in [-0.05, 0) is 37.0 Å². The van der Waals surface area contributed by atoms with Gasteiger partial charge in [-0.1, -0.05) is 19.1 Å².